The molecule has 5 nitrogen and oxygen atoms in total. The second-order valence-electron chi connectivity index (χ2n) is 4.72. The number of rotatable bonds is 2. The van der Waals surface area contributed by atoms with E-state index in [0.717, 1.165) is 16.6 Å². The van der Waals surface area contributed by atoms with Gasteiger partial charge in [-0.1, -0.05) is 0 Å². The highest BCUT2D eigenvalue weighted by Crippen LogP contribution is 2.32. The fraction of sp³-hybridized carbons (Fsp3) is 0.636. The first-order valence-corrected chi connectivity index (χ1v) is 6.29. The topological polar surface area (TPSA) is 62.7 Å². The summed E-state index contributed by atoms with van der Waals surface area (Å²) in [6.45, 7) is 7.97. The van der Waals surface area contributed by atoms with E-state index < -0.39 is 5.97 Å². The molecule has 94 valence electrons. The van der Waals surface area contributed by atoms with E-state index in [2.05, 4.69) is 23.7 Å². The zero-order valence-electron chi connectivity index (χ0n) is 10.2. The number of carbonyl (C=O) groups is 1. The van der Waals surface area contributed by atoms with Crippen molar-refractivity contribution < 1.29 is 14.6 Å². The minimum absolute atomic E-state index is 0.141. The van der Waals surface area contributed by atoms with E-state index in [0.29, 0.717) is 13.2 Å². The predicted molar refractivity (Wildman–Crippen MR) is 66.1 cm³/mol. The number of thiazole rings is 1. The molecule has 1 saturated heterocycles. The van der Waals surface area contributed by atoms with Gasteiger partial charge in [-0.15, -0.1) is 11.3 Å². The lowest BCUT2D eigenvalue weighted by atomic mass is 10.0. The van der Waals surface area contributed by atoms with Gasteiger partial charge in [-0.3, -0.25) is 0 Å². The number of anilines is 1. The number of aryl methyl sites for hydroxylation is 1. The van der Waals surface area contributed by atoms with Crippen molar-refractivity contribution in [3.8, 4) is 0 Å². The molecule has 0 aliphatic carbocycles. The molecule has 0 spiro atoms. The van der Waals surface area contributed by atoms with Gasteiger partial charge in [0.2, 0.25) is 0 Å². The van der Waals surface area contributed by atoms with E-state index in [4.69, 9.17) is 9.84 Å². The molecule has 0 unspecified atom stereocenters. The largest absolute Gasteiger partial charge is 0.476 e. The van der Waals surface area contributed by atoms with Crippen LogP contribution in [-0.2, 0) is 4.74 Å². The summed E-state index contributed by atoms with van der Waals surface area (Å²) in [7, 11) is 0. The zero-order chi connectivity index (χ0) is 12.6. The minimum atomic E-state index is -0.962. The SMILES string of the molecule is Cc1sc(N2CCOCC2(C)C)nc1C(=O)O. The Hall–Kier alpha value is -1.14. The Morgan fingerprint density at radius 2 is 2.29 bits per heavy atom. The monoisotopic (exact) mass is 256 g/mol. The average molecular weight is 256 g/mol. The Balaban J connectivity index is 2.33. The maximum atomic E-state index is 11.0. The Morgan fingerprint density at radius 3 is 2.82 bits per heavy atom. The van der Waals surface area contributed by atoms with Crippen LogP contribution in [0.5, 0.6) is 0 Å². The molecule has 6 heteroatoms. The van der Waals surface area contributed by atoms with E-state index >= 15 is 0 Å². The van der Waals surface area contributed by atoms with Crippen LogP contribution >= 0.6 is 11.3 Å². The standard InChI is InChI=1S/C11H16N2O3S/c1-7-8(9(14)15)12-10(17-7)13-4-5-16-6-11(13,2)3/h4-6H2,1-3H3,(H,14,15). The van der Waals surface area contributed by atoms with Gasteiger partial charge >= 0.3 is 5.97 Å². The number of nitrogens with zero attached hydrogens (tertiary/aromatic N) is 2. The second kappa shape index (κ2) is 4.27. The van der Waals surface area contributed by atoms with Crippen LogP contribution in [0.3, 0.4) is 0 Å². The summed E-state index contributed by atoms with van der Waals surface area (Å²) in [4.78, 5) is 18.1. The average Bonchev–Trinajstić information content (AvgIpc) is 2.59. The molecular weight excluding hydrogens is 240 g/mol. The molecule has 0 amide bonds. The third kappa shape index (κ3) is 2.28. The quantitative estimate of drug-likeness (QED) is 0.873. The predicted octanol–water partition coefficient (Wildman–Crippen LogP) is 1.76. The van der Waals surface area contributed by atoms with Crippen molar-refractivity contribution in [1.82, 2.24) is 4.98 Å². The van der Waals surface area contributed by atoms with Crippen LogP contribution in [0.15, 0.2) is 0 Å². The normalized spacial score (nSPS) is 19.4. The van der Waals surface area contributed by atoms with Crippen LogP contribution in [-0.4, -0.2) is 41.4 Å². The molecule has 1 aliphatic rings. The molecule has 0 aromatic carbocycles. The lowest BCUT2D eigenvalue weighted by molar-refractivity contribution is 0.0641. The number of carboxylic acid groups (broad SMARTS) is 1. The summed E-state index contributed by atoms with van der Waals surface area (Å²) in [6, 6.07) is 0. The van der Waals surface area contributed by atoms with Gasteiger partial charge in [-0.05, 0) is 20.8 Å². The number of carboxylic acids is 1. The third-order valence-corrected chi connectivity index (χ3v) is 3.86. The van der Waals surface area contributed by atoms with Crippen LogP contribution in [0.1, 0.15) is 29.2 Å². The van der Waals surface area contributed by atoms with Crippen LogP contribution in [0.2, 0.25) is 0 Å². The molecule has 0 atom stereocenters. The van der Waals surface area contributed by atoms with Crippen molar-refractivity contribution in [1.29, 1.82) is 0 Å². The Labute approximate surface area is 104 Å². The van der Waals surface area contributed by atoms with Crippen LogP contribution in [0.25, 0.3) is 0 Å². The van der Waals surface area contributed by atoms with Gasteiger partial charge in [0.25, 0.3) is 0 Å². The Bertz CT molecular complexity index is 442. The minimum Gasteiger partial charge on any atom is -0.476 e. The maximum absolute atomic E-state index is 11.0. The molecule has 0 bridgehead atoms. The molecule has 1 aromatic rings. The molecule has 0 saturated carbocycles. The number of hydrogen-bond donors (Lipinski definition) is 1. The Kier molecular flexibility index (Phi) is 3.09. The van der Waals surface area contributed by atoms with Crippen LogP contribution in [0, 0.1) is 6.92 Å². The van der Waals surface area contributed by atoms with Crippen LogP contribution in [0.4, 0.5) is 5.13 Å². The van der Waals surface area contributed by atoms with Crippen molar-refractivity contribution in [3.63, 3.8) is 0 Å². The summed E-state index contributed by atoms with van der Waals surface area (Å²) in [5.74, 6) is -0.962. The molecular formula is C11H16N2O3S. The third-order valence-electron chi connectivity index (χ3n) is 2.86. The molecule has 1 fully saturated rings. The second-order valence-corrected chi connectivity index (χ2v) is 5.90. The lowest BCUT2D eigenvalue weighted by Gasteiger charge is -2.41. The summed E-state index contributed by atoms with van der Waals surface area (Å²) in [5.41, 5.74) is 0.0190. The molecule has 1 aromatic heterocycles. The van der Waals surface area contributed by atoms with Gasteiger partial charge in [0.05, 0.1) is 18.8 Å². The smallest absolute Gasteiger partial charge is 0.355 e. The number of hydrogen-bond acceptors (Lipinski definition) is 5. The maximum Gasteiger partial charge on any atom is 0.355 e. The van der Waals surface area contributed by atoms with Crippen molar-refractivity contribution in [2.75, 3.05) is 24.7 Å². The number of aromatic nitrogens is 1. The van der Waals surface area contributed by atoms with E-state index in [1.165, 1.54) is 11.3 Å². The summed E-state index contributed by atoms with van der Waals surface area (Å²) < 4.78 is 5.44. The van der Waals surface area contributed by atoms with Gasteiger partial charge in [0.15, 0.2) is 10.8 Å². The number of morpholine rings is 1. The molecule has 17 heavy (non-hydrogen) atoms. The van der Waals surface area contributed by atoms with Gasteiger partial charge in [0, 0.05) is 11.4 Å². The van der Waals surface area contributed by atoms with Crippen molar-refractivity contribution in [2.45, 2.75) is 26.3 Å². The highest BCUT2D eigenvalue weighted by atomic mass is 32.1. The van der Waals surface area contributed by atoms with E-state index in [1.54, 1.807) is 6.92 Å². The van der Waals surface area contributed by atoms with Gasteiger partial charge in [-0.2, -0.15) is 0 Å². The molecule has 1 aliphatic heterocycles. The van der Waals surface area contributed by atoms with E-state index in [9.17, 15) is 4.79 Å². The number of ether oxygens (including phenoxy) is 1. The van der Waals surface area contributed by atoms with Gasteiger partial charge in [-0.25, -0.2) is 9.78 Å². The molecule has 2 rings (SSSR count). The highest BCUT2D eigenvalue weighted by Gasteiger charge is 2.33. The number of aromatic carboxylic acids is 1. The lowest BCUT2D eigenvalue weighted by Crippen LogP contribution is -2.53. The first-order chi connectivity index (χ1) is 7.92. The van der Waals surface area contributed by atoms with Crippen molar-refractivity contribution in [2.24, 2.45) is 0 Å². The fourth-order valence-corrected chi connectivity index (χ4v) is 3.00. The Morgan fingerprint density at radius 1 is 1.59 bits per heavy atom. The molecule has 0 radical (unpaired) electrons. The molecule has 2 heterocycles. The highest BCUT2D eigenvalue weighted by molar-refractivity contribution is 7.15. The summed E-state index contributed by atoms with van der Waals surface area (Å²) in [6.07, 6.45) is 0. The van der Waals surface area contributed by atoms with Gasteiger partial charge < -0.3 is 14.7 Å². The van der Waals surface area contributed by atoms with E-state index in [-0.39, 0.29) is 11.2 Å². The van der Waals surface area contributed by atoms with Gasteiger partial charge in [0.1, 0.15) is 0 Å². The zero-order valence-corrected chi connectivity index (χ0v) is 11.0. The first-order valence-electron chi connectivity index (χ1n) is 5.48. The summed E-state index contributed by atoms with van der Waals surface area (Å²) in [5, 5.41) is 9.78. The first kappa shape index (κ1) is 12.3. The van der Waals surface area contributed by atoms with Crippen molar-refractivity contribution >= 4 is 22.4 Å². The fourth-order valence-electron chi connectivity index (χ4n) is 1.91. The molecule has 1 N–H and O–H groups in total. The van der Waals surface area contributed by atoms with E-state index in [1.807, 2.05) is 0 Å². The van der Waals surface area contributed by atoms with Crippen molar-refractivity contribution in [3.05, 3.63) is 10.6 Å². The van der Waals surface area contributed by atoms with Crippen LogP contribution < -0.4 is 4.90 Å². The summed E-state index contributed by atoms with van der Waals surface area (Å²) >= 11 is 1.43.